The number of likely N-dealkylation sites (N-methyl/N-ethyl adjacent to an activating group) is 1. The second-order valence-electron chi connectivity index (χ2n) is 5.26. The number of hydrogen-bond acceptors (Lipinski definition) is 3. The molecule has 0 aromatic heterocycles. The normalized spacial score (nSPS) is 40.9. The zero-order valence-corrected chi connectivity index (χ0v) is 9.91. The topological polar surface area (TPSA) is 43.7 Å². The van der Waals surface area contributed by atoms with Crippen LogP contribution in [-0.4, -0.2) is 45.9 Å². The highest BCUT2D eigenvalue weighted by molar-refractivity contribution is 5.06. The summed E-state index contributed by atoms with van der Waals surface area (Å²) in [7, 11) is 2.02. The van der Waals surface area contributed by atoms with Crippen LogP contribution < -0.4 is 0 Å². The Bertz CT molecular complexity index is 211. The Labute approximate surface area is 86.7 Å². The van der Waals surface area contributed by atoms with E-state index in [1.807, 2.05) is 27.8 Å². The van der Waals surface area contributed by atoms with E-state index in [-0.39, 0.29) is 11.5 Å². The number of rotatable bonds is 1. The lowest BCUT2D eigenvalue weighted by Gasteiger charge is -2.55. The Kier molecular flexibility index (Phi) is 2.96. The Balaban J connectivity index is 2.97. The molecule has 84 valence electrons. The largest absolute Gasteiger partial charge is 0.393 e. The van der Waals surface area contributed by atoms with E-state index >= 15 is 0 Å². The van der Waals surface area contributed by atoms with Gasteiger partial charge in [0.25, 0.3) is 0 Å². The Morgan fingerprint density at radius 3 is 2.29 bits per heavy atom. The molecule has 0 amide bonds. The van der Waals surface area contributed by atoms with Gasteiger partial charge in [-0.2, -0.15) is 0 Å². The van der Waals surface area contributed by atoms with Crippen LogP contribution in [-0.2, 0) is 0 Å². The van der Waals surface area contributed by atoms with Crippen LogP contribution in [0.2, 0.25) is 0 Å². The standard InChI is InChI=1S/C11H23NO2/c1-8(13)9-6-7-12(5)10(2,3)11(9,4)14/h8-9,13-14H,6-7H2,1-5H3/t8-,9-,11-/m0/s1. The third-order valence-corrected chi connectivity index (χ3v) is 4.27. The highest BCUT2D eigenvalue weighted by atomic mass is 16.3. The molecule has 0 bridgehead atoms. The van der Waals surface area contributed by atoms with E-state index in [1.54, 1.807) is 6.92 Å². The molecule has 1 aliphatic rings. The van der Waals surface area contributed by atoms with Crippen molar-refractivity contribution in [3.05, 3.63) is 0 Å². The fraction of sp³-hybridized carbons (Fsp3) is 1.00. The smallest absolute Gasteiger partial charge is 0.0849 e. The summed E-state index contributed by atoms with van der Waals surface area (Å²) in [4.78, 5) is 2.16. The summed E-state index contributed by atoms with van der Waals surface area (Å²) in [5.41, 5.74) is -1.12. The summed E-state index contributed by atoms with van der Waals surface area (Å²) in [6.07, 6.45) is 0.405. The average molecular weight is 201 g/mol. The van der Waals surface area contributed by atoms with Crippen molar-refractivity contribution in [2.75, 3.05) is 13.6 Å². The van der Waals surface area contributed by atoms with Gasteiger partial charge in [-0.3, -0.25) is 4.90 Å². The Hall–Kier alpha value is -0.120. The molecule has 1 fully saturated rings. The summed E-state index contributed by atoms with van der Waals surface area (Å²) in [6, 6.07) is 0. The van der Waals surface area contributed by atoms with Gasteiger partial charge < -0.3 is 10.2 Å². The summed E-state index contributed by atoms with van der Waals surface area (Å²) in [5.74, 6) is -0.0336. The molecule has 3 atom stereocenters. The zero-order chi connectivity index (χ0) is 11.1. The highest BCUT2D eigenvalue weighted by Gasteiger charge is 2.52. The molecule has 0 aliphatic carbocycles. The van der Waals surface area contributed by atoms with Crippen LogP contribution in [0.3, 0.4) is 0 Å². The molecule has 0 aromatic carbocycles. The van der Waals surface area contributed by atoms with Crippen LogP contribution in [0.5, 0.6) is 0 Å². The van der Waals surface area contributed by atoms with Crippen LogP contribution in [0, 0.1) is 5.92 Å². The summed E-state index contributed by atoms with van der Waals surface area (Å²) >= 11 is 0. The average Bonchev–Trinajstić information content (AvgIpc) is 2.00. The number of aliphatic hydroxyl groups is 2. The molecular formula is C11H23NO2. The van der Waals surface area contributed by atoms with Crippen LogP contribution in [0.4, 0.5) is 0 Å². The predicted molar refractivity (Wildman–Crippen MR) is 57.1 cm³/mol. The molecule has 0 radical (unpaired) electrons. The van der Waals surface area contributed by atoms with Gasteiger partial charge in [0.05, 0.1) is 11.7 Å². The Morgan fingerprint density at radius 2 is 1.86 bits per heavy atom. The van der Waals surface area contributed by atoms with Gasteiger partial charge in [-0.1, -0.05) is 0 Å². The van der Waals surface area contributed by atoms with Gasteiger partial charge in [-0.05, 0) is 47.7 Å². The van der Waals surface area contributed by atoms with E-state index in [2.05, 4.69) is 4.90 Å². The van der Waals surface area contributed by atoms with Crippen molar-refractivity contribution < 1.29 is 10.2 Å². The van der Waals surface area contributed by atoms with Gasteiger partial charge in [0, 0.05) is 11.5 Å². The molecule has 3 heteroatoms. The lowest BCUT2D eigenvalue weighted by molar-refractivity contribution is -0.168. The second-order valence-corrected chi connectivity index (χ2v) is 5.26. The summed E-state index contributed by atoms with van der Waals surface area (Å²) in [5, 5.41) is 20.2. The monoisotopic (exact) mass is 201 g/mol. The fourth-order valence-electron chi connectivity index (χ4n) is 2.44. The minimum absolute atomic E-state index is 0.0336. The first-order valence-corrected chi connectivity index (χ1v) is 5.33. The second kappa shape index (κ2) is 3.47. The SMILES string of the molecule is C[C@H](O)[C@@H]1CCN(C)C(C)(C)[C@@]1(C)O. The summed E-state index contributed by atoms with van der Waals surface area (Å²) < 4.78 is 0. The van der Waals surface area contributed by atoms with Gasteiger partial charge >= 0.3 is 0 Å². The molecule has 0 aromatic rings. The molecule has 1 rings (SSSR count). The van der Waals surface area contributed by atoms with Crippen molar-refractivity contribution in [2.24, 2.45) is 5.92 Å². The fourth-order valence-corrected chi connectivity index (χ4v) is 2.44. The van der Waals surface area contributed by atoms with Crippen molar-refractivity contribution in [1.82, 2.24) is 4.90 Å². The number of aliphatic hydroxyl groups excluding tert-OH is 1. The maximum absolute atomic E-state index is 10.5. The first-order valence-electron chi connectivity index (χ1n) is 5.33. The third-order valence-electron chi connectivity index (χ3n) is 4.27. The molecule has 2 N–H and O–H groups in total. The third kappa shape index (κ3) is 1.58. The zero-order valence-electron chi connectivity index (χ0n) is 9.91. The lowest BCUT2D eigenvalue weighted by Crippen LogP contribution is -2.67. The van der Waals surface area contributed by atoms with Crippen molar-refractivity contribution in [1.29, 1.82) is 0 Å². The van der Waals surface area contributed by atoms with E-state index < -0.39 is 11.7 Å². The molecule has 1 heterocycles. The molecule has 0 saturated carbocycles. The van der Waals surface area contributed by atoms with Crippen LogP contribution in [0.25, 0.3) is 0 Å². The van der Waals surface area contributed by atoms with Crippen LogP contribution >= 0.6 is 0 Å². The number of piperidine rings is 1. The molecule has 1 saturated heterocycles. The maximum Gasteiger partial charge on any atom is 0.0849 e. The predicted octanol–water partition coefficient (Wildman–Crippen LogP) is 0.848. The minimum Gasteiger partial charge on any atom is -0.393 e. The van der Waals surface area contributed by atoms with Crippen molar-refractivity contribution in [3.8, 4) is 0 Å². The van der Waals surface area contributed by atoms with Gasteiger partial charge in [0.15, 0.2) is 0 Å². The molecular weight excluding hydrogens is 178 g/mol. The molecule has 3 nitrogen and oxygen atoms in total. The molecule has 0 spiro atoms. The van der Waals surface area contributed by atoms with E-state index in [9.17, 15) is 10.2 Å². The van der Waals surface area contributed by atoms with Gasteiger partial charge in [-0.15, -0.1) is 0 Å². The minimum atomic E-state index is -0.839. The van der Waals surface area contributed by atoms with Crippen molar-refractivity contribution in [2.45, 2.75) is 51.4 Å². The Morgan fingerprint density at radius 1 is 1.36 bits per heavy atom. The first-order chi connectivity index (χ1) is 6.21. The van der Waals surface area contributed by atoms with Gasteiger partial charge in [0.2, 0.25) is 0 Å². The molecule has 1 aliphatic heterocycles. The van der Waals surface area contributed by atoms with E-state index in [4.69, 9.17) is 0 Å². The van der Waals surface area contributed by atoms with E-state index in [1.165, 1.54) is 0 Å². The van der Waals surface area contributed by atoms with Gasteiger partial charge in [-0.25, -0.2) is 0 Å². The number of likely N-dealkylation sites (tertiary alicyclic amines) is 1. The van der Waals surface area contributed by atoms with Crippen LogP contribution in [0.1, 0.15) is 34.1 Å². The molecule has 0 unspecified atom stereocenters. The highest BCUT2D eigenvalue weighted by Crippen LogP contribution is 2.41. The maximum atomic E-state index is 10.5. The van der Waals surface area contributed by atoms with Crippen molar-refractivity contribution >= 4 is 0 Å². The number of nitrogens with zero attached hydrogens (tertiary/aromatic N) is 1. The van der Waals surface area contributed by atoms with Crippen molar-refractivity contribution in [3.63, 3.8) is 0 Å². The molecule has 14 heavy (non-hydrogen) atoms. The number of hydrogen-bond donors (Lipinski definition) is 2. The first kappa shape index (κ1) is 12.0. The lowest BCUT2D eigenvalue weighted by atomic mass is 9.67. The van der Waals surface area contributed by atoms with Crippen LogP contribution in [0.15, 0.2) is 0 Å². The van der Waals surface area contributed by atoms with E-state index in [0.717, 1.165) is 13.0 Å². The summed E-state index contributed by atoms with van der Waals surface area (Å²) in [6.45, 7) is 8.59. The quantitative estimate of drug-likeness (QED) is 0.661. The van der Waals surface area contributed by atoms with E-state index in [0.29, 0.717) is 0 Å². The van der Waals surface area contributed by atoms with Gasteiger partial charge in [0.1, 0.15) is 0 Å².